The topological polar surface area (TPSA) is 163 Å². The summed E-state index contributed by atoms with van der Waals surface area (Å²) in [5, 5.41) is 0. The van der Waals surface area contributed by atoms with Gasteiger partial charge in [-0.25, -0.2) is 0 Å². The molecule has 0 fully saturated rings. The zero-order chi connectivity index (χ0) is 39.4. The Bertz CT molecular complexity index is 932. The molecule has 0 amide bonds. The Hall–Kier alpha value is -2.15. The van der Waals surface area contributed by atoms with Crippen LogP contribution in [0.2, 0.25) is 0 Å². The number of carbonyl (C=O) groups is 1. The molecule has 55 heavy (non-hydrogen) atoms. The second-order valence-corrected chi connectivity index (χ2v) is 12.2. The Morgan fingerprint density at radius 3 is 1.09 bits per heavy atom. The van der Waals surface area contributed by atoms with Crippen molar-refractivity contribution >= 4 is 11.7 Å². The monoisotopic (exact) mass is 792 g/mol. The van der Waals surface area contributed by atoms with Crippen LogP contribution in [0.5, 0.6) is 5.75 Å². The molecule has 322 valence electrons. The molecule has 0 aliphatic heterocycles. The maximum absolute atomic E-state index is 11.7. The van der Waals surface area contributed by atoms with E-state index in [1.807, 2.05) is 18.2 Å². The number of unbranched alkanes of at least 4 members (excludes halogenated alkanes) is 6. The molecule has 0 bridgehead atoms. The lowest BCUT2D eigenvalue weighted by Crippen LogP contribution is -2.16. The van der Waals surface area contributed by atoms with Crippen molar-refractivity contribution in [3.63, 3.8) is 0 Å². The minimum atomic E-state index is -0.143. The summed E-state index contributed by atoms with van der Waals surface area (Å²) < 4.78 is 71.1. The van der Waals surface area contributed by atoms with Crippen molar-refractivity contribution < 1.29 is 66.4 Å². The molecule has 0 aliphatic carbocycles. The van der Waals surface area contributed by atoms with Gasteiger partial charge in [0.05, 0.1) is 151 Å². The molecule has 1 aromatic carbocycles. The van der Waals surface area contributed by atoms with E-state index in [4.69, 9.17) is 67.3 Å². The Morgan fingerprint density at radius 2 is 0.727 bits per heavy atom. The van der Waals surface area contributed by atoms with Crippen molar-refractivity contribution in [1.82, 2.24) is 0 Å². The standard InChI is InChI=1S/C40H73NO14/c1-2-3-4-5-6-7-8-13-40(42)55-37-35-53-33-31-51-29-27-49-25-23-47-21-19-45-17-15-43-14-16-44-18-20-46-22-24-48-26-28-50-30-32-52-34-36-54-39-12-10-9-11-38(39)41/h9-12H,2-8,13-37,41H2,1H3. The van der Waals surface area contributed by atoms with Crippen LogP contribution in [0.3, 0.4) is 0 Å². The molecule has 1 rings (SSSR count). The van der Waals surface area contributed by atoms with Crippen LogP contribution < -0.4 is 10.5 Å². The van der Waals surface area contributed by atoms with E-state index >= 15 is 0 Å². The average Bonchev–Trinajstić information content (AvgIpc) is 3.19. The normalized spacial score (nSPS) is 11.4. The SMILES string of the molecule is CCCCCCCCCC(=O)OCCOCCOCCOCCOCCOCCOCCOCCOCCOCCOCCOCCOc1ccccc1N. The summed E-state index contributed by atoms with van der Waals surface area (Å²) in [4.78, 5) is 11.7. The summed E-state index contributed by atoms with van der Waals surface area (Å²) in [5.41, 5.74) is 6.44. The number of hydrogen-bond acceptors (Lipinski definition) is 15. The van der Waals surface area contributed by atoms with Crippen LogP contribution in [0.1, 0.15) is 58.3 Å². The molecule has 1 aromatic rings. The fourth-order valence-corrected chi connectivity index (χ4v) is 4.64. The first-order valence-electron chi connectivity index (χ1n) is 20.2. The third kappa shape index (κ3) is 38.5. The van der Waals surface area contributed by atoms with Crippen LogP contribution in [0.25, 0.3) is 0 Å². The first kappa shape index (κ1) is 50.9. The number of anilines is 1. The Balaban J connectivity index is 1.63. The highest BCUT2D eigenvalue weighted by molar-refractivity contribution is 5.69. The average molecular weight is 792 g/mol. The largest absolute Gasteiger partial charge is 0.489 e. The van der Waals surface area contributed by atoms with Gasteiger partial charge in [0, 0.05) is 6.42 Å². The Kier molecular flexibility index (Phi) is 39.8. The third-order valence-corrected chi connectivity index (χ3v) is 7.60. The summed E-state index contributed by atoms with van der Waals surface area (Å²) in [6.07, 6.45) is 8.78. The first-order valence-corrected chi connectivity index (χ1v) is 20.2. The first-order chi connectivity index (χ1) is 27.2. The molecular formula is C40H73NO14. The van der Waals surface area contributed by atoms with Gasteiger partial charge in [0.15, 0.2) is 0 Å². The van der Waals surface area contributed by atoms with Crippen LogP contribution in [-0.2, 0) is 61.6 Å². The van der Waals surface area contributed by atoms with Crippen LogP contribution in [-0.4, -0.2) is 165 Å². The quantitative estimate of drug-likeness (QED) is 0.0557. The molecule has 0 spiro atoms. The van der Waals surface area contributed by atoms with Crippen LogP contribution in [0, 0.1) is 0 Å². The van der Waals surface area contributed by atoms with Crippen molar-refractivity contribution in [2.45, 2.75) is 58.3 Å². The number of nitrogen functional groups attached to an aromatic ring is 1. The molecule has 15 nitrogen and oxygen atoms in total. The maximum atomic E-state index is 11.7. The van der Waals surface area contributed by atoms with Gasteiger partial charge in [0.1, 0.15) is 19.0 Å². The van der Waals surface area contributed by atoms with E-state index < -0.39 is 0 Å². The number of benzene rings is 1. The highest BCUT2D eigenvalue weighted by Crippen LogP contribution is 2.19. The molecule has 15 heteroatoms. The van der Waals surface area contributed by atoms with E-state index in [0.717, 1.165) is 12.8 Å². The summed E-state index contributed by atoms with van der Waals surface area (Å²) in [6, 6.07) is 7.37. The van der Waals surface area contributed by atoms with Gasteiger partial charge < -0.3 is 67.3 Å². The highest BCUT2D eigenvalue weighted by Gasteiger charge is 2.03. The number of para-hydroxylation sites is 2. The van der Waals surface area contributed by atoms with Gasteiger partial charge >= 0.3 is 5.97 Å². The second kappa shape index (κ2) is 43.0. The van der Waals surface area contributed by atoms with E-state index in [-0.39, 0.29) is 12.6 Å². The van der Waals surface area contributed by atoms with Crippen LogP contribution in [0.15, 0.2) is 24.3 Å². The summed E-state index contributed by atoms with van der Waals surface area (Å²) >= 11 is 0. The third-order valence-electron chi connectivity index (χ3n) is 7.60. The summed E-state index contributed by atoms with van der Waals surface area (Å²) in [7, 11) is 0. The highest BCUT2D eigenvalue weighted by atomic mass is 16.6. The van der Waals surface area contributed by atoms with Crippen LogP contribution >= 0.6 is 0 Å². The van der Waals surface area contributed by atoms with E-state index in [2.05, 4.69) is 6.92 Å². The number of ether oxygens (including phenoxy) is 13. The zero-order valence-corrected chi connectivity index (χ0v) is 33.7. The minimum absolute atomic E-state index is 0.143. The second-order valence-electron chi connectivity index (χ2n) is 12.2. The molecule has 0 aromatic heterocycles. The van der Waals surface area contributed by atoms with Gasteiger partial charge in [-0.15, -0.1) is 0 Å². The van der Waals surface area contributed by atoms with Crippen molar-refractivity contribution in [1.29, 1.82) is 0 Å². The molecule has 0 aliphatic rings. The molecule has 0 saturated carbocycles. The van der Waals surface area contributed by atoms with Gasteiger partial charge in [-0.3, -0.25) is 4.79 Å². The van der Waals surface area contributed by atoms with Gasteiger partial charge in [-0.05, 0) is 18.6 Å². The lowest BCUT2D eigenvalue weighted by Gasteiger charge is -2.10. The van der Waals surface area contributed by atoms with E-state index in [0.29, 0.717) is 170 Å². The predicted molar refractivity (Wildman–Crippen MR) is 209 cm³/mol. The van der Waals surface area contributed by atoms with E-state index in [9.17, 15) is 4.79 Å². The summed E-state index contributed by atoms with van der Waals surface area (Å²) in [5.74, 6) is 0.523. The lowest BCUT2D eigenvalue weighted by atomic mass is 10.1. The zero-order valence-electron chi connectivity index (χ0n) is 33.7. The molecule has 0 atom stereocenters. The number of esters is 1. The van der Waals surface area contributed by atoms with Gasteiger partial charge in [-0.2, -0.15) is 0 Å². The van der Waals surface area contributed by atoms with E-state index in [1.54, 1.807) is 6.07 Å². The molecule has 0 saturated heterocycles. The Morgan fingerprint density at radius 1 is 0.418 bits per heavy atom. The molecule has 0 unspecified atom stereocenters. The fraction of sp³-hybridized carbons (Fsp3) is 0.825. The fourth-order valence-electron chi connectivity index (χ4n) is 4.64. The van der Waals surface area contributed by atoms with Crippen molar-refractivity contribution in [2.24, 2.45) is 0 Å². The smallest absolute Gasteiger partial charge is 0.305 e. The molecule has 0 heterocycles. The van der Waals surface area contributed by atoms with E-state index in [1.165, 1.54) is 32.1 Å². The van der Waals surface area contributed by atoms with Gasteiger partial charge in [0.25, 0.3) is 0 Å². The number of carbonyl (C=O) groups excluding carboxylic acids is 1. The Labute approximate surface area is 330 Å². The predicted octanol–water partition coefficient (Wildman–Crippen LogP) is 4.51. The summed E-state index contributed by atoms with van der Waals surface area (Å²) in [6.45, 7) is 13.6. The van der Waals surface area contributed by atoms with Gasteiger partial charge in [-0.1, -0.05) is 57.6 Å². The van der Waals surface area contributed by atoms with Gasteiger partial charge in [0.2, 0.25) is 0 Å². The molecule has 0 radical (unpaired) electrons. The van der Waals surface area contributed by atoms with Crippen molar-refractivity contribution in [3.8, 4) is 5.75 Å². The van der Waals surface area contributed by atoms with Crippen LogP contribution in [0.4, 0.5) is 5.69 Å². The molecular weight excluding hydrogens is 718 g/mol. The maximum Gasteiger partial charge on any atom is 0.305 e. The minimum Gasteiger partial charge on any atom is -0.489 e. The number of hydrogen-bond donors (Lipinski definition) is 1. The lowest BCUT2D eigenvalue weighted by molar-refractivity contribution is -0.145. The number of rotatable bonds is 45. The number of nitrogens with two attached hydrogens (primary N) is 1. The molecule has 2 N–H and O–H groups in total. The van der Waals surface area contributed by atoms with Crippen molar-refractivity contribution in [3.05, 3.63) is 24.3 Å². The van der Waals surface area contributed by atoms with Crippen molar-refractivity contribution in [2.75, 3.05) is 164 Å².